The maximum atomic E-state index is 9.71. The van der Waals surface area contributed by atoms with E-state index in [-0.39, 0.29) is 11.5 Å². The number of hydrogen-bond acceptors (Lipinski definition) is 2. The Kier molecular flexibility index (Phi) is 3.01. The summed E-state index contributed by atoms with van der Waals surface area (Å²) in [6.07, 6.45) is 4.14. The fourth-order valence-corrected chi connectivity index (χ4v) is 3.08. The average Bonchev–Trinajstić information content (AvgIpc) is 2.71. The normalized spacial score (nSPS) is 30.2. The van der Waals surface area contributed by atoms with Gasteiger partial charge in [-0.2, -0.15) is 5.10 Å². The number of rotatable bonds is 2. The molecule has 90 valence electrons. The van der Waals surface area contributed by atoms with E-state index in [1.54, 1.807) is 6.20 Å². The maximum Gasteiger partial charge on any atom is 0.0823 e. The van der Waals surface area contributed by atoms with E-state index in [9.17, 15) is 5.11 Å². The molecule has 0 aromatic carbocycles. The van der Waals surface area contributed by atoms with E-state index < -0.39 is 0 Å². The Hall–Kier alpha value is -0.540. The Morgan fingerprint density at radius 2 is 2.31 bits per heavy atom. The van der Waals surface area contributed by atoms with Crippen LogP contribution < -0.4 is 0 Å². The molecule has 3 nitrogen and oxygen atoms in total. The molecule has 0 radical (unpaired) electrons. The molecule has 1 aromatic rings. The molecule has 1 aliphatic carbocycles. The predicted molar refractivity (Wildman–Crippen MR) is 64.8 cm³/mol. The molecule has 1 heterocycles. The van der Waals surface area contributed by atoms with Gasteiger partial charge in [0, 0.05) is 11.5 Å². The zero-order chi connectivity index (χ0) is 11.9. The summed E-state index contributed by atoms with van der Waals surface area (Å²) < 4.78 is 1.99. The molecule has 0 bridgehead atoms. The van der Waals surface area contributed by atoms with Crippen molar-refractivity contribution < 1.29 is 5.11 Å². The second-order valence-corrected chi connectivity index (χ2v) is 5.74. The first-order valence-electron chi connectivity index (χ1n) is 5.85. The van der Waals surface area contributed by atoms with Crippen LogP contribution >= 0.6 is 11.6 Å². The van der Waals surface area contributed by atoms with Crippen LogP contribution in [0.1, 0.15) is 51.8 Å². The van der Waals surface area contributed by atoms with Gasteiger partial charge in [0.05, 0.1) is 23.0 Å². The lowest BCUT2D eigenvalue weighted by atomic mass is 9.84. The minimum atomic E-state index is -0.198. The zero-order valence-electron chi connectivity index (χ0n) is 10.1. The lowest BCUT2D eigenvalue weighted by Crippen LogP contribution is -2.25. The molecule has 4 heteroatoms. The van der Waals surface area contributed by atoms with E-state index in [4.69, 9.17) is 11.6 Å². The smallest absolute Gasteiger partial charge is 0.0823 e. The second-order valence-electron chi connectivity index (χ2n) is 5.34. The lowest BCUT2D eigenvalue weighted by Gasteiger charge is -2.27. The number of halogens is 1. The highest BCUT2D eigenvalue weighted by Gasteiger charge is 2.40. The third-order valence-electron chi connectivity index (χ3n) is 3.53. The molecule has 2 rings (SSSR count). The van der Waals surface area contributed by atoms with Crippen LogP contribution in [0.2, 0.25) is 5.02 Å². The Morgan fingerprint density at radius 3 is 2.81 bits per heavy atom. The van der Waals surface area contributed by atoms with Crippen LogP contribution in [0.15, 0.2) is 6.20 Å². The Labute approximate surface area is 101 Å². The summed E-state index contributed by atoms with van der Waals surface area (Å²) in [6.45, 7) is 6.37. The molecule has 2 unspecified atom stereocenters. The van der Waals surface area contributed by atoms with Gasteiger partial charge in [-0.15, -0.1) is 0 Å². The van der Waals surface area contributed by atoms with Crippen LogP contribution in [-0.2, 0) is 5.41 Å². The predicted octanol–water partition coefficient (Wildman–Crippen LogP) is 2.92. The SMILES string of the molecule is CC(C)n1ncc(Cl)c1C1(C)CCC(O)C1. The van der Waals surface area contributed by atoms with Gasteiger partial charge >= 0.3 is 0 Å². The van der Waals surface area contributed by atoms with E-state index in [0.717, 1.165) is 30.0 Å². The van der Waals surface area contributed by atoms with Crippen molar-refractivity contribution >= 4 is 11.6 Å². The fourth-order valence-electron chi connectivity index (χ4n) is 2.72. The van der Waals surface area contributed by atoms with Gasteiger partial charge in [0.15, 0.2) is 0 Å². The molecule has 0 saturated heterocycles. The number of aliphatic hydroxyl groups excluding tert-OH is 1. The topological polar surface area (TPSA) is 38.0 Å². The molecule has 16 heavy (non-hydrogen) atoms. The molecule has 0 amide bonds. The summed E-state index contributed by atoms with van der Waals surface area (Å²) in [6, 6.07) is 0.303. The van der Waals surface area contributed by atoms with E-state index in [1.807, 2.05) is 4.68 Å². The summed E-state index contributed by atoms with van der Waals surface area (Å²) in [5, 5.41) is 14.8. The van der Waals surface area contributed by atoms with Crippen molar-refractivity contribution in [1.82, 2.24) is 9.78 Å². The van der Waals surface area contributed by atoms with E-state index >= 15 is 0 Å². The minimum absolute atomic E-state index is 0.0305. The summed E-state index contributed by atoms with van der Waals surface area (Å²) >= 11 is 6.24. The third kappa shape index (κ3) is 1.87. The summed E-state index contributed by atoms with van der Waals surface area (Å²) in [5.41, 5.74) is 1.05. The van der Waals surface area contributed by atoms with Crippen LogP contribution in [0.3, 0.4) is 0 Å². The van der Waals surface area contributed by atoms with Crippen LogP contribution in [0.4, 0.5) is 0 Å². The minimum Gasteiger partial charge on any atom is -0.393 e. The molecule has 1 saturated carbocycles. The van der Waals surface area contributed by atoms with Crippen LogP contribution in [0.5, 0.6) is 0 Å². The molecule has 1 aliphatic rings. The van der Waals surface area contributed by atoms with E-state index in [1.165, 1.54) is 0 Å². The number of hydrogen-bond donors (Lipinski definition) is 1. The van der Waals surface area contributed by atoms with Crippen molar-refractivity contribution in [3.63, 3.8) is 0 Å². The number of aromatic nitrogens is 2. The highest BCUT2D eigenvalue weighted by Crippen LogP contribution is 2.44. The van der Waals surface area contributed by atoms with Gasteiger partial charge in [-0.1, -0.05) is 18.5 Å². The van der Waals surface area contributed by atoms with Gasteiger partial charge in [0.1, 0.15) is 0 Å². The Balaban J connectivity index is 2.43. The molecular weight excluding hydrogens is 224 g/mol. The van der Waals surface area contributed by atoms with Crippen molar-refractivity contribution in [2.75, 3.05) is 0 Å². The molecule has 1 N–H and O–H groups in total. The van der Waals surface area contributed by atoms with Gasteiger partial charge in [-0.3, -0.25) is 4.68 Å². The molecule has 1 fully saturated rings. The van der Waals surface area contributed by atoms with Crippen LogP contribution in [0.25, 0.3) is 0 Å². The van der Waals surface area contributed by atoms with Crippen molar-refractivity contribution in [2.45, 2.75) is 57.6 Å². The van der Waals surface area contributed by atoms with Crippen molar-refractivity contribution in [3.8, 4) is 0 Å². The van der Waals surface area contributed by atoms with Crippen molar-refractivity contribution in [3.05, 3.63) is 16.9 Å². The van der Waals surface area contributed by atoms with E-state index in [2.05, 4.69) is 25.9 Å². The van der Waals surface area contributed by atoms with Gasteiger partial charge in [-0.05, 0) is 33.1 Å². The lowest BCUT2D eigenvalue weighted by molar-refractivity contribution is 0.174. The fraction of sp³-hybridized carbons (Fsp3) is 0.750. The second kappa shape index (κ2) is 4.04. The standard InChI is InChI=1S/C12H19ClN2O/c1-8(2)15-11(10(13)7-14-15)12(3)5-4-9(16)6-12/h7-9,16H,4-6H2,1-3H3. The molecule has 2 atom stereocenters. The van der Waals surface area contributed by atoms with Crippen molar-refractivity contribution in [2.24, 2.45) is 0 Å². The molecule has 1 aromatic heterocycles. The quantitative estimate of drug-likeness (QED) is 0.866. The first kappa shape index (κ1) is 11.9. The van der Waals surface area contributed by atoms with Crippen LogP contribution in [-0.4, -0.2) is 21.0 Å². The largest absolute Gasteiger partial charge is 0.393 e. The molecule has 0 aliphatic heterocycles. The molecular formula is C12H19ClN2O. The number of nitrogens with zero attached hydrogens (tertiary/aromatic N) is 2. The van der Waals surface area contributed by atoms with Gasteiger partial charge in [-0.25, -0.2) is 0 Å². The van der Waals surface area contributed by atoms with Gasteiger partial charge < -0.3 is 5.11 Å². The Morgan fingerprint density at radius 1 is 1.62 bits per heavy atom. The summed E-state index contributed by atoms with van der Waals surface area (Å²) in [7, 11) is 0. The Bertz CT molecular complexity index is 388. The monoisotopic (exact) mass is 242 g/mol. The molecule has 0 spiro atoms. The third-order valence-corrected chi connectivity index (χ3v) is 3.80. The van der Waals surface area contributed by atoms with Crippen molar-refractivity contribution in [1.29, 1.82) is 0 Å². The zero-order valence-corrected chi connectivity index (χ0v) is 10.8. The van der Waals surface area contributed by atoms with Gasteiger partial charge in [0.2, 0.25) is 0 Å². The highest BCUT2D eigenvalue weighted by atomic mass is 35.5. The highest BCUT2D eigenvalue weighted by molar-refractivity contribution is 6.31. The summed E-state index contributed by atoms with van der Waals surface area (Å²) in [4.78, 5) is 0. The summed E-state index contributed by atoms with van der Waals surface area (Å²) in [5.74, 6) is 0. The average molecular weight is 243 g/mol. The maximum absolute atomic E-state index is 9.71. The van der Waals surface area contributed by atoms with Gasteiger partial charge in [0.25, 0.3) is 0 Å². The van der Waals surface area contributed by atoms with E-state index in [0.29, 0.717) is 6.04 Å². The number of aliphatic hydroxyl groups is 1. The first-order valence-corrected chi connectivity index (χ1v) is 6.23. The van der Waals surface area contributed by atoms with Crippen LogP contribution in [0, 0.1) is 0 Å². The first-order chi connectivity index (χ1) is 7.44.